The molecule has 0 radical (unpaired) electrons. The van der Waals surface area contributed by atoms with Crippen LogP contribution >= 0.6 is 7.14 Å². The fourth-order valence-corrected chi connectivity index (χ4v) is 7.50. The minimum absolute atomic E-state index is 0.860. The van der Waals surface area contributed by atoms with Crippen molar-refractivity contribution in [2.24, 2.45) is 0 Å². The molecule has 0 aliphatic rings. The predicted molar refractivity (Wildman–Crippen MR) is 138 cm³/mol. The van der Waals surface area contributed by atoms with Gasteiger partial charge in [0.25, 0.3) is 0 Å². The maximum Gasteiger partial charge on any atom is 0.114 e. The largest absolute Gasteiger partial charge is 0.321 e. The van der Waals surface area contributed by atoms with E-state index in [1.54, 1.807) is 0 Å². The van der Waals surface area contributed by atoms with Crippen LogP contribution in [0.4, 0.5) is 0 Å². The quantitative estimate of drug-likeness (QED) is 0.117. The van der Waals surface area contributed by atoms with E-state index in [9.17, 15) is 4.57 Å². The molecule has 0 unspecified atom stereocenters. The molecule has 0 bridgehead atoms. The Bertz CT molecular complexity index is 352. The summed E-state index contributed by atoms with van der Waals surface area (Å²) in [5.41, 5.74) is 0. The van der Waals surface area contributed by atoms with Crippen molar-refractivity contribution in [1.82, 2.24) is 9.80 Å². The van der Waals surface area contributed by atoms with Crippen LogP contribution in [0.1, 0.15) is 125 Å². The maximum absolute atomic E-state index is 14.2. The van der Waals surface area contributed by atoms with Gasteiger partial charge in [-0.15, -0.1) is 0 Å². The fourth-order valence-electron chi connectivity index (χ4n) is 4.21. The second-order valence-corrected chi connectivity index (χ2v) is 12.6. The Morgan fingerprint density at radius 2 is 0.767 bits per heavy atom. The molecule has 0 amide bonds. The summed E-state index contributed by atoms with van der Waals surface area (Å²) in [7, 11) is -2.19. The number of rotatable bonds is 23. The molecule has 0 aromatic carbocycles. The lowest BCUT2D eigenvalue weighted by molar-refractivity contribution is 0.280. The molecular weight excluding hydrogens is 387 g/mol. The van der Waals surface area contributed by atoms with Gasteiger partial charge in [0, 0.05) is 6.16 Å². The third-order valence-electron chi connectivity index (χ3n) is 6.15. The van der Waals surface area contributed by atoms with Gasteiger partial charge in [0.1, 0.15) is 7.14 Å². The van der Waals surface area contributed by atoms with E-state index in [1.807, 2.05) is 0 Å². The van der Waals surface area contributed by atoms with Crippen molar-refractivity contribution in [3.8, 4) is 0 Å². The predicted octanol–water partition coefficient (Wildman–Crippen LogP) is 8.43. The summed E-state index contributed by atoms with van der Waals surface area (Å²) in [4.78, 5) is 5.16. The highest BCUT2D eigenvalue weighted by atomic mass is 31.2. The number of hydrogen-bond donors (Lipinski definition) is 0. The Morgan fingerprint density at radius 3 is 1.03 bits per heavy atom. The van der Waals surface area contributed by atoms with Crippen LogP contribution < -0.4 is 0 Å². The van der Waals surface area contributed by atoms with Gasteiger partial charge >= 0.3 is 0 Å². The van der Waals surface area contributed by atoms with E-state index >= 15 is 0 Å². The van der Waals surface area contributed by atoms with Gasteiger partial charge in [-0.05, 0) is 58.3 Å². The first-order chi connectivity index (χ1) is 14.5. The second kappa shape index (κ2) is 21.0. The molecule has 30 heavy (non-hydrogen) atoms. The smallest absolute Gasteiger partial charge is 0.114 e. The first-order valence-corrected chi connectivity index (χ1v) is 15.8. The Morgan fingerprint density at radius 1 is 0.467 bits per heavy atom. The SMILES string of the molecule is CCCCCN(CCCCC)CP(=O)(CCCC)CN(CCCCC)CCCCC. The summed E-state index contributed by atoms with van der Waals surface area (Å²) >= 11 is 0. The summed E-state index contributed by atoms with van der Waals surface area (Å²) < 4.78 is 14.2. The lowest BCUT2D eigenvalue weighted by atomic mass is 10.2. The maximum atomic E-state index is 14.2. The minimum Gasteiger partial charge on any atom is -0.321 e. The van der Waals surface area contributed by atoms with Crippen LogP contribution in [0, 0.1) is 0 Å². The van der Waals surface area contributed by atoms with Gasteiger partial charge in [0.05, 0.1) is 12.6 Å². The van der Waals surface area contributed by atoms with Crippen LogP contribution in [-0.4, -0.2) is 54.7 Å². The molecule has 0 saturated carbocycles. The average molecular weight is 445 g/mol. The van der Waals surface area contributed by atoms with Gasteiger partial charge in [-0.1, -0.05) is 92.4 Å². The van der Waals surface area contributed by atoms with E-state index in [1.165, 1.54) is 77.0 Å². The first-order valence-electron chi connectivity index (χ1n) is 13.6. The Balaban J connectivity index is 5.13. The molecule has 0 atom stereocenters. The Kier molecular flexibility index (Phi) is 21.1. The molecule has 0 heterocycles. The summed E-state index contributed by atoms with van der Waals surface area (Å²) in [5.74, 6) is 0. The second-order valence-electron chi connectivity index (χ2n) is 9.48. The topological polar surface area (TPSA) is 23.6 Å². The molecule has 0 saturated heterocycles. The van der Waals surface area contributed by atoms with E-state index in [2.05, 4.69) is 44.4 Å². The third kappa shape index (κ3) is 16.8. The number of unbranched alkanes of at least 4 members (excludes halogenated alkanes) is 9. The van der Waals surface area contributed by atoms with Gasteiger partial charge in [-0.3, -0.25) is 9.80 Å². The van der Waals surface area contributed by atoms with Crippen molar-refractivity contribution in [3.63, 3.8) is 0 Å². The van der Waals surface area contributed by atoms with E-state index in [0.29, 0.717) is 0 Å². The number of nitrogens with zero attached hydrogens (tertiary/aromatic N) is 2. The normalized spacial score (nSPS) is 12.4. The molecule has 0 spiro atoms. The van der Waals surface area contributed by atoms with Crippen molar-refractivity contribution in [2.45, 2.75) is 125 Å². The van der Waals surface area contributed by atoms with Gasteiger partial charge in [0.2, 0.25) is 0 Å². The molecule has 0 fully saturated rings. The van der Waals surface area contributed by atoms with Gasteiger partial charge in [-0.2, -0.15) is 0 Å². The molecule has 0 aromatic rings. The standard InChI is InChI=1S/C26H57N2OP/c1-6-11-16-20-27(21-17-12-7-2)25-30(29,24-15-10-5)26-28(22-18-13-8-3)23-19-14-9-4/h6-26H2,1-5H3. The molecule has 0 aliphatic heterocycles. The summed E-state index contributed by atoms with van der Waals surface area (Å²) in [6.07, 6.45) is 20.2. The van der Waals surface area contributed by atoms with Crippen molar-refractivity contribution < 1.29 is 4.57 Å². The van der Waals surface area contributed by atoms with Crippen LogP contribution in [0.15, 0.2) is 0 Å². The van der Waals surface area contributed by atoms with Gasteiger partial charge in [-0.25, -0.2) is 0 Å². The van der Waals surface area contributed by atoms with Crippen molar-refractivity contribution >= 4 is 7.14 Å². The van der Waals surface area contributed by atoms with Crippen LogP contribution in [0.3, 0.4) is 0 Å². The van der Waals surface area contributed by atoms with Gasteiger partial charge < -0.3 is 4.57 Å². The van der Waals surface area contributed by atoms with Crippen molar-refractivity contribution in [3.05, 3.63) is 0 Å². The van der Waals surface area contributed by atoms with E-state index in [0.717, 1.165) is 57.8 Å². The molecule has 182 valence electrons. The van der Waals surface area contributed by atoms with E-state index in [4.69, 9.17) is 0 Å². The molecule has 3 nitrogen and oxygen atoms in total. The average Bonchev–Trinajstić information content (AvgIpc) is 2.72. The lowest BCUT2D eigenvalue weighted by Gasteiger charge is -2.32. The van der Waals surface area contributed by atoms with E-state index < -0.39 is 7.14 Å². The zero-order valence-electron chi connectivity index (χ0n) is 21.6. The number of hydrogen-bond acceptors (Lipinski definition) is 3. The van der Waals surface area contributed by atoms with Crippen molar-refractivity contribution in [2.75, 3.05) is 44.9 Å². The highest BCUT2D eigenvalue weighted by Gasteiger charge is 2.27. The zero-order chi connectivity index (χ0) is 22.5. The van der Waals surface area contributed by atoms with Crippen LogP contribution in [0.5, 0.6) is 0 Å². The molecule has 0 aliphatic carbocycles. The van der Waals surface area contributed by atoms with Crippen LogP contribution in [0.2, 0.25) is 0 Å². The molecule has 0 rings (SSSR count). The highest BCUT2D eigenvalue weighted by molar-refractivity contribution is 7.63. The minimum atomic E-state index is -2.19. The van der Waals surface area contributed by atoms with Crippen molar-refractivity contribution in [1.29, 1.82) is 0 Å². The first kappa shape index (κ1) is 30.1. The van der Waals surface area contributed by atoms with Crippen LogP contribution in [0.25, 0.3) is 0 Å². The molecular formula is C26H57N2OP. The lowest BCUT2D eigenvalue weighted by Crippen LogP contribution is -2.33. The highest BCUT2D eigenvalue weighted by Crippen LogP contribution is 2.48. The molecule has 0 N–H and O–H groups in total. The van der Waals surface area contributed by atoms with E-state index in [-0.39, 0.29) is 0 Å². The van der Waals surface area contributed by atoms with Gasteiger partial charge in [0.15, 0.2) is 0 Å². The Labute approximate surface area is 191 Å². The molecule has 4 heteroatoms. The summed E-state index contributed by atoms with van der Waals surface area (Å²) in [5, 5.41) is 0. The van der Waals surface area contributed by atoms with Crippen LogP contribution in [-0.2, 0) is 4.57 Å². The molecule has 0 aromatic heterocycles. The summed E-state index contributed by atoms with van der Waals surface area (Å²) in [6.45, 7) is 15.9. The monoisotopic (exact) mass is 444 g/mol. The fraction of sp³-hybridized carbons (Fsp3) is 1.00. The Hall–Kier alpha value is 0.150. The zero-order valence-corrected chi connectivity index (χ0v) is 22.5. The third-order valence-corrected chi connectivity index (χ3v) is 9.11. The summed E-state index contributed by atoms with van der Waals surface area (Å²) in [6, 6.07) is 0.